The molecule has 31 heavy (non-hydrogen) atoms. The molecule has 0 radical (unpaired) electrons. The lowest BCUT2D eigenvalue weighted by molar-refractivity contribution is -0.790. The second-order valence-electron chi connectivity index (χ2n) is 7.46. The monoisotopic (exact) mass is 450 g/mol. The first-order chi connectivity index (χ1) is 14.9. The molecule has 3 heterocycles. The van der Waals surface area contributed by atoms with Crippen molar-refractivity contribution < 1.29 is 48.3 Å². The third-order valence-electron chi connectivity index (χ3n) is 5.22. The summed E-state index contributed by atoms with van der Waals surface area (Å²) in [7, 11) is 0. The molecule has 3 fully saturated rings. The smallest absolute Gasteiger partial charge is 0.306 e. The van der Waals surface area contributed by atoms with Gasteiger partial charge in [-0.3, -0.25) is 4.79 Å². The van der Waals surface area contributed by atoms with Crippen molar-refractivity contribution in [3.63, 3.8) is 0 Å². The summed E-state index contributed by atoms with van der Waals surface area (Å²) in [4.78, 5) is 41.3. The van der Waals surface area contributed by atoms with Crippen molar-refractivity contribution in [2.24, 2.45) is 0 Å². The van der Waals surface area contributed by atoms with Crippen LogP contribution in [0.5, 0.6) is 0 Å². The van der Waals surface area contributed by atoms with Crippen LogP contribution in [0.25, 0.3) is 0 Å². The quantitative estimate of drug-likeness (QED) is 0.230. The summed E-state index contributed by atoms with van der Waals surface area (Å²) in [6.45, 7) is 0.554. The van der Waals surface area contributed by atoms with Gasteiger partial charge >= 0.3 is 5.97 Å². The van der Waals surface area contributed by atoms with E-state index in [9.17, 15) is 25.0 Å². The lowest BCUT2D eigenvalue weighted by Crippen LogP contribution is -2.38. The van der Waals surface area contributed by atoms with Crippen LogP contribution in [-0.4, -0.2) is 79.4 Å². The summed E-state index contributed by atoms with van der Waals surface area (Å²) < 4.78 is 28.4. The van der Waals surface area contributed by atoms with Crippen LogP contribution in [-0.2, 0) is 38.2 Å². The summed E-state index contributed by atoms with van der Waals surface area (Å²) in [6, 6.07) is 0. The summed E-state index contributed by atoms with van der Waals surface area (Å²) in [5, 5.41) is 18.6. The van der Waals surface area contributed by atoms with Gasteiger partial charge in [-0.1, -0.05) is 0 Å². The fraction of sp³-hybridized carbons (Fsp3) is 0.941. The van der Waals surface area contributed by atoms with Gasteiger partial charge in [0.1, 0.15) is 31.0 Å². The van der Waals surface area contributed by atoms with Crippen molar-refractivity contribution in [2.75, 3.05) is 26.4 Å². The number of ether oxygens (including phenoxy) is 5. The number of carbonyl (C=O) groups excluding carboxylic acids is 1. The Kier molecular flexibility index (Phi) is 8.57. The van der Waals surface area contributed by atoms with E-state index in [-0.39, 0.29) is 44.4 Å². The zero-order chi connectivity index (χ0) is 22.2. The maximum absolute atomic E-state index is 12.2. The van der Waals surface area contributed by atoms with Crippen LogP contribution in [0.3, 0.4) is 0 Å². The van der Waals surface area contributed by atoms with E-state index in [1.807, 2.05) is 0 Å². The van der Waals surface area contributed by atoms with Gasteiger partial charge in [-0.25, -0.2) is 0 Å². The number of esters is 1. The fourth-order valence-corrected chi connectivity index (χ4v) is 3.79. The average molecular weight is 450 g/mol. The summed E-state index contributed by atoms with van der Waals surface area (Å²) in [5.41, 5.74) is 0. The van der Waals surface area contributed by atoms with Crippen molar-refractivity contribution in [2.45, 2.75) is 75.3 Å². The van der Waals surface area contributed by atoms with Crippen molar-refractivity contribution in [1.82, 2.24) is 0 Å². The van der Waals surface area contributed by atoms with Crippen molar-refractivity contribution in [3.05, 3.63) is 20.2 Å². The Morgan fingerprint density at radius 2 is 1.77 bits per heavy atom. The predicted octanol–water partition coefficient (Wildman–Crippen LogP) is 0.563. The second kappa shape index (κ2) is 11.4. The summed E-state index contributed by atoms with van der Waals surface area (Å²) >= 11 is 0. The van der Waals surface area contributed by atoms with Crippen LogP contribution in [0.4, 0.5) is 0 Å². The molecule has 14 heteroatoms. The average Bonchev–Trinajstić information content (AvgIpc) is 3.30. The van der Waals surface area contributed by atoms with Crippen LogP contribution >= 0.6 is 0 Å². The van der Waals surface area contributed by atoms with Gasteiger partial charge in [-0.15, -0.1) is 20.2 Å². The molecule has 14 nitrogen and oxygen atoms in total. The number of carbonyl (C=O) groups is 1. The van der Waals surface area contributed by atoms with Crippen LogP contribution in [0.1, 0.15) is 38.5 Å². The molecular weight excluding hydrogens is 424 g/mol. The van der Waals surface area contributed by atoms with Gasteiger partial charge in [0.15, 0.2) is 12.4 Å². The summed E-state index contributed by atoms with van der Waals surface area (Å²) in [5.74, 6) is -0.534. The van der Waals surface area contributed by atoms with Gasteiger partial charge in [0.2, 0.25) is 0 Å². The lowest BCUT2D eigenvalue weighted by atomic mass is 10.1. The van der Waals surface area contributed by atoms with E-state index in [0.29, 0.717) is 13.2 Å². The van der Waals surface area contributed by atoms with Crippen LogP contribution in [0.2, 0.25) is 0 Å². The van der Waals surface area contributed by atoms with Crippen molar-refractivity contribution in [3.8, 4) is 0 Å². The first kappa shape index (κ1) is 23.4. The highest BCUT2D eigenvalue weighted by molar-refractivity contribution is 5.69. The molecular formula is C17H26N2O12. The van der Waals surface area contributed by atoms with E-state index >= 15 is 0 Å². The maximum Gasteiger partial charge on any atom is 0.306 e. The predicted molar refractivity (Wildman–Crippen MR) is 96.5 cm³/mol. The number of rotatable bonds is 12. The molecule has 3 saturated heterocycles. The third-order valence-corrected chi connectivity index (χ3v) is 5.22. The Balaban J connectivity index is 1.37. The minimum Gasteiger partial charge on any atom is -0.457 e. The van der Waals surface area contributed by atoms with E-state index < -0.39 is 41.1 Å². The van der Waals surface area contributed by atoms with E-state index in [2.05, 4.69) is 9.68 Å². The Morgan fingerprint density at radius 1 is 1.03 bits per heavy atom. The zero-order valence-electron chi connectivity index (χ0n) is 16.8. The largest absolute Gasteiger partial charge is 0.457 e. The van der Waals surface area contributed by atoms with Crippen LogP contribution in [0.15, 0.2) is 0 Å². The highest BCUT2D eigenvalue weighted by Crippen LogP contribution is 2.32. The molecule has 0 aromatic heterocycles. The van der Waals surface area contributed by atoms with E-state index in [1.54, 1.807) is 0 Å². The van der Waals surface area contributed by atoms with Gasteiger partial charge in [0, 0.05) is 13.0 Å². The topological polar surface area (TPSA) is 168 Å². The maximum atomic E-state index is 12.2. The Labute approximate surface area is 177 Å². The fourth-order valence-electron chi connectivity index (χ4n) is 3.79. The van der Waals surface area contributed by atoms with Gasteiger partial charge < -0.3 is 33.4 Å². The molecule has 2 unspecified atom stereocenters. The Bertz CT molecular complexity index is 628. The molecule has 0 N–H and O–H groups in total. The van der Waals surface area contributed by atoms with Crippen molar-refractivity contribution >= 4 is 5.97 Å². The normalized spacial score (nSPS) is 30.9. The Morgan fingerprint density at radius 3 is 2.45 bits per heavy atom. The lowest BCUT2D eigenvalue weighted by Gasteiger charge is -2.27. The van der Waals surface area contributed by atoms with Gasteiger partial charge in [-0.05, 0) is 32.1 Å². The summed E-state index contributed by atoms with van der Waals surface area (Å²) in [6.07, 6.45) is -0.109. The zero-order valence-corrected chi connectivity index (χ0v) is 16.8. The SMILES string of the molecule is O=C(CCCC(CO[N+](=O)[O-])O[N+](=O)[O-])O[C@@H]1CO[C@@H]2[C@@H]1OC[C@H]2OC1CCCCO1. The number of fused-ring (bicyclic) bond motifs is 1. The third kappa shape index (κ3) is 7.12. The van der Waals surface area contributed by atoms with Gasteiger partial charge in [-0.2, -0.15) is 0 Å². The minimum absolute atomic E-state index is 0.00490. The van der Waals surface area contributed by atoms with Gasteiger partial charge in [0.25, 0.3) is 10.2 Å². The number of hydrogen-bond donors (Lipinski definition) is 0. The molecule has 3 rings (SSSR count). The highest BCUT2D eigenvalue weighted by Gasteiger charge is 2.50. The van der Waals surface area contributed by atoms with E-state index in [0.717, 1.165) is 19.3 Å². The molecule has 0 saturated carbocycles. The van der Waals surface area contributed by atoms with E-state index in [1.165, 1.54) is 0 Å². The molecule has 3 aliphatic rings. The van der Waals surface area contributed by atoms with Crippen molar-refractivity contribution in [1.29, 1.82) is 0 Å². The molecule has 0 spiro atoms. The molecule has 0 bridgehead atoms. The Hall–Kier alpha value is -2.29. The molecule has 0 aliphatic carbocycles. The molecule has 0 aromatic carbocycles. The highest BCUT2D eigenvalue weighted by atomic mass is 17.0. The molecule has 6 atom stereocenters. The second-order valence-corrected chi connectivity index (χ2v) is 7.46. The first-order valence-corrected chi connectivity index (χ1v) is 10.2. The molecule has 0 aromatic rings. The van der Waals surface area contributed by atoms with E-state index in [4.69, 9.17) is 23.7 Å². The number of nitrogens with zero attached hydrogens (tertiary/aromatic N) is 2. The standard InChI is InChI=1S/C17H26N2O12/c20-14(5-3-4-11(31-19(23)24)8-28-18(21)22)29-12-9-26-17-13(10-27-16(12)17)30-15-6-1-2-7-25-15/h11-13,15-17H,1-10H2/t11?,12-,13-,15?,16-,17+/m1/s1. The molecule has 3 aliphatic heterocycles. The number of hydrogen-bond acceptors (Lipinski definition) is 12. The van der Waals surface area contributed by atoms with Crippen LogP contribution in [0, 0.1) is 20.2 Å². The minimum atomic E-state index is -1.16. The molecule has 176 valence electrons. The molecule has 0 amide bonds. The van der Waals surface area contributed by atoms with Gasteiger partial charge in [0.05, 0.1) is 13.2 Å². The first-order valence-electron chi connectivity index (χ1n) is 10.2. The van der Waals surface area contributed by atoms with Crippen LogP contribution < -0.4 is 0 Å².